The summed E-state index contributed by atoms with van der Waals surface area (Å²) in [6.07, 6.45) is 1.73. The van der Waals surface area contributed by atoms with Gasteiger partial charge >= 0.3 is 0 Å². The summed E-state index contributed by atoms with van der Waals surface area (Å²) >= 11 is 0. The van der Waals surface area contributed by atoms with Gasteiger partial charge in [0.25, 0.3) is 0 Å². The van der Waals surface area contributed by atoms with Crippen molar-refractivity contribution >= 4 is 5.90 Å². The first-order chi connectivity index (χ1) is 4.45. The first-order valence-corrected chi connectivity index (χ1v) is 3.72. The number of rotatable bonds is 2. The lowest BCUT2D eigenvalue weighted by molar-refractivity contribution is 0.110. The maximum Gasteiger partial charge on any atom is 0.180 e. The number of hydrogen-bond acceptors (Lipinski definition) is 2. The van der Waals surface area contributed by atoms with Crippen molar-refractivity contribution in [2.24, 2.45) is 0 Å². The molecule has 0 saturated carbocycles. The first kappa shape index (κ1) is 9.47. The zero-order chi connectivity index (χ0) is 8.20. The molecule has 0 aromatic heterocycles. The predicted molar refractivity (Wildman–Crippen MR) is 43.5 cm³/mol. The smallest absolute Gasteiger partial charge is 0.180 e. The Hall–Kier alpha value is -0.530. The number of hydrogen-bond donors (Lipinski definition) is 1. The molecule has 0 bridgehead atoms. The van der Waals surface area contributed by atoms with Crippen LogP contribution in [0.25, 0.3) is 0 Å². The number of nitrogens with one attached hydrogen (secondary N) is 1. The third-order valence-electron chi connectivity index (χ3n) is 0.906. The molecule has 0 fully saturated rings. The van der Waals surface area contributed by atoms with Crippen LogP contribution in [0.5, 0.6) is 0 Å². The molecule has 10 heavy (non-hydrogen) atoms. The highest BCUT2D eigenvalue weighted by atomic mass is 16.5. The van der Waals surface area contributed by atoms with E-state index in [1.807, 2.05) is 27.7 Å². The fourth-order valence-electron chi connectivity index (χ4n) is 0.648. The first-order valence-electron chi connectivity index (χ1n) is 3.72. The molecule has 0 rings (SSSR count). The topological polar surface area (TPSA) is 33.1 Å². The van der Waals surface area contributed by atoms with Crippen LogP contribution in [0, 0.1) is 5.41 Å². The molecule has 0 spiro atoms. The van der Waals surface area contributed by atoms with Crippen LogP contribution in [-0.2, 0) is 4.74 Å². The zero-order valence-corrected chi connectivity index (χ0v) is 7.32. The molecule has 0 aliphatic heterocycles. The molecule has 2 nitrogen and oxygen atoms in total. The lowest BCUT2D eigenvalue weighted by Crippen LogP contribution is -2.23. The van der Waals surface area contributed by atoms with Gasteiger partial charge in [-0.15, -0.1) is 0 Å². The van der Waals surface area contributed by atoms with Crippen molar-refractivity contribution in [2.75, 3.05) is 0 Å². The second-order valence-corrected chi connectivity index (χ2v) is 3.39. The summed E-state index contributed by atoms with van der Waals surface area (Å²) in [5, 5.41) is 7.32. The van der Waals surface area contributed by atoms with Crippen molar-refractivity contribution in [1.29, 1.82) is 5.41 Å². The van der Waals surface area contributed by atoms with Gasteiger partial charge in [0.15, 0.2) is 5.90 Å². The maximum atomic E-state index is 7.32. The van der Waals surface area contributed by atoms with Gasteiger partial charge in [-0.05, 0) is 27.2 Å². The third-order valence-corrected chi connectivity index (χ3v) is 0.906. The van der Waals surface area contributed by atoms with Crippen LogP contribution in [0.15, 0.2) is 0 Å². The Bertz CT molecular complexity index is 113. The maximum absolute atomic E-state index is 7.32. The summed E-state index contributed by atoms with van der Waals surface area (Å²) in [7, 11) is 0. The SMILES string of the molecule is CCCC(=N)OC(C)(C)C. The Morgan fingerprint density at radius 2 is 1.90 bits per heavy atom. The van der Waals surface area contributed by atoms with E-state index in [9.17, 15) is 0 Å². The monoisotopic (exact) mass is 143 g/mol. The average molecular weight is 143 g/mol. The minimum atomic E-state index is -0.202. The summed E-state index contributed by atoms with van der Waals surface area (Å²) in [5.41, 5.74) is -0.202. The Labute approximate surface area is 63.1 Å². The molecular weight excluding hydrogens is 126 g/mol. The number of ether oxygens (including phenoxy) is 1. The Balaban J connectivity index is 3.58. The molecule has 60 valence electrons. The van der Waals surface area contributed by atoms with Gasteiger partial charge in [-0.1, -0.05) is 6.92 Å². The van der Waals surface area contributed by atoms with Crippen LogP contribution >= 0.6 is 0 Å². The van der Waals surface area contributed by atoms with E-state index in [4.69, 9.17) is 10.1 Å². The highest BCUT2D eigenvalue weighted by Crippen LogP contribution is 2.08. The van der Waals surface area contributed by atoms with Gasteiger partial charge in [0.05, 0.1) is 0 Å². The van der Waals surface area contributed by atoms with Gasteiger partial charge in [0.2, 0.25) is 0 Å². The van der Waals surface area contributed by atoms with E-state index in [1.54, 1.807) is 0 Å². The van der Waals surface area contributed by atoms with E-state index in [1.165, 1.54) is 0 Å². The van der Waals surface area contributed by atoms with Crippen LogP contribution < -0.4 is 0 Å². The predicted octanol–water partition coefficient (Wildman–Crippen LogP) is 2.58. The van der Waals surface area contributed by atoms with E-state index in [0.29, 0.717) is 5.90 Å². The average Bonchev–Trinajstić information content (AvgIpc) is 1.59. The van der Waals surface area contributed by atoms with E-state index in [-0.39, 0.29) is 5.60 Å². The molecule has 0 aliphatic carbocycles. The van der Waals surface area contributed by atoms with Crippen molar-refractivity contribution < 1.29 is 4.74 Å². The van der Waals surface area contributed by atoms with Crippen molar-refractivity contribution in [3.05, 3.63) is 0 Å². The molecule has 2 heteroatoms. The Kier molecular flexibility index (Phi) is 3.40. The van der Waals surface area contributed by atoms with Crippen LogP contribution in [-0.4, -0.2) is 11.5 Å². The summed E-state index contributed by atoms with van der Waals surface area (Å²) in [6, 6.07) is 0. The van der Waals surface area contributed by atoms with Crippen molar-refractivity contribution in [1.82, 2.24) is 0 Å². The standard InChI is InChI=1S/C8H17NO/c1-5-6-7(9)10-8(2,3)4/h9H,5-6H2,1-4H3. The molecule has 0 saturated heterocycles. The van der Waals surface area contributed by atoms with Crippen LogP contribution in [0.3, 0.4) is 0 Å². The van der Waals surface area contributed by atoms with Gasteiger partial charge in [0.1, 0.15) is 5.60 Å². The highest BCUT2D eigenvalue weighted by Gasteiger charge is 2.12. The molecule has 0 atom stereocenters. The Morgan fingerprint density at radius 3 is 2.20 bits per heavy atom. The Morgan fingerprint density at radius 1 is 1.40 bits per heavy atom. The lowest BCUT2D eigenvalue weighted by atomic mass is 10.2. The molecule has 0 radical (unpaired) electrons. The summed E-state index contributed by atoms with van der Waals surface area (Å²) in [6.45, 7) is 7.91. The molecule has 0 aromatic carbocycles. The lowest BCUT2D eigenvalue weighted by Gasteiger charge is -2.20. The molecule has 1 N–H and O–H groups in total. The molecule has 0 aromatic rings. The minimum Gasteiger partial charge on any atom is -0.476 e. The fraction of sp³-hybridized carbons (Fsp3) is 0.875. The molecule has 0 unspecified atom stereocenters. The van der Waals surface area contributed by atoms with Gasteiger partial charge in [-0.3, -0.25) is 5.41 Å². The van der Waals surface area contributed by atoms with Crippen molar-refractivity contribution in [3.63, 3.8) is 0 Å². The van der Waals surface area contributed by atoms with Crippen LogP contribution in [0.1, 0.15) is 40.5 Å². The molecule has 0 amide bonds. The van der Waals surface area contributed by atoms with Crippen molar-refractivity contribution in [3.8, 4) is 0 Å². The summed E-state index contributed by atoms with van der Waals surface area (Å²) < 4.78 is 5.26. The molecular formula is C8H17NO. The van der Waals surface area contributed by atoms with Crippen molar-refractivity contribution in [2.45, 2.75) is 46.1 Å². The van der Waals surface area contributed by atoms with Gasteiger partial charge in [0, 0.05) is 6.42 Å². The van der Waals surface area contributed by atoms with Gasteiger partial charge in [-0.2, -0.15) is 0 Å². The normalized spacial score (nSPS) is 11.2. The van der Waals surface area contributed by atoms with E-state index in [2.05, 4.69) is 0 Å². The van der Waals surface area contributed by atoms with Crippen LogP contribution in [0.2, 0.25) is 0 Å². The molecule has 0 heterocycles. The van der Waals surface area contributed by atoms with E-state index >= 15 is 0 Å². The second kappa shape index (κ2) is 3.59. The zero-order valence-electron chi connectivity index (χ0n) is 7.32. The largest absolute Gasteiger partial charge is 0.476 e. The van der Waals surface area contributed by atoms with Gasteiger partial charge in [-0.25, -0.2) is 0 Å². The molecule has 0 aliphatic rings. The summed E-state index contributed by atoms with van der Waals surface area (Å²) in [5.74, 6) is 0.398. The second-order valence-electron chi connectivity index (χ2n) is 3.39. The minimum absolute atomic E-state index is 0.202. The fourth-order valence-corrected chi connectivity index (χ4v) is 0.648. The van der Waals surface area contributed by atoms with E-state index < -0.39 is 0 Å². The third kappa shape index (κ3) is 5.60. The van der Waals surface area contributed by atoms with E-state index in [0.717, 1.165) is 12.8 Å². The van der Waals surface area contributed by atoms with Gasteiger partial charge < -0.3 is 4.74 Å². The quantitative estimate of drug-likeness (QED) is 0.467. The highest BCUT2D eigenvalue weighted by molar-refractivity contribution is 5.72. The van der Waals surface area contributed by atoms with Crippen LogP contribution in [0.4, 0.5) is 0 Å². The summed E-state index contributed by atoms with van der Waals surface area (Å²) in [4.78, 5) is 0.